The van der Waals surface area contributed by atoms with Crippen LogP contribution < -0.4 is 14.8 Å². The smallest absolute Gasteiger partial charge is 0.268 e. The first-order valence-electron chi connectivity index (χ1n) is 5.24. The Kier molecular flexibility index (Phi) is 3.99. The van der Waals surface area contributed by atoms with Gasteiger partial charge in [0.15, 0.2) is 5.82 Å². The number of rotatable bonds is 4. The van der Waals surface area contributed by atoms with Crippen LogP contribution in [0.2, 0.25) is 0 Å². The summed E-state index contributed by atoms with van der Waals surface area (Å²) < 4.78 is 11.9. The van der Waals surface area contributed by atoms with Crippen molar-refractivity contribution in [2.24, 2.45) is 0 Å². The standard InChI is InChI=1S/C12H12BrN3O2/c1-14-11-10(17-2)12(16-7-15-11)18-9-5-3-4-8(13)6-9/h3-7H,1-2H3,(H,14,15,16). The van der Waals surface area contributed by atoms with Crippen molar-refractivity contribution in [2.75, 3.05) is 19.5 Å². The summed E-state index contributed by atoms with van der Waals surface area (Å²) in [4.78, 5) is 8.12. The number of hydrogen-bond donors (Lipinski definition) is 1. The number of aromatic nitrogens is 2. The van der Waals surface area contributed by atoms with Gasteiger partial charge in [-0.2, -0.15) is 4.98 Å². The average Bonchev–Trinajstić information content (AvgIpc) is 2.38. The Hall–Kier alpha value is -1.82. The molecule has 1 heterocycles. The summed E-state index contributed by atoms with van der Waals surface area (Å²) in [6, 6.07) is 7.49. The lowest BCUT2D eigenvalue weighted by Gasteiger charge is -2.11. The second-order valence-electron chi connectivity index (χ2n) is 3.37. The highest BCUT2D eigenvalue weighted by Gasteiger charge is 2.13. The molecule has 0 saturated carbocycles. The maximum Gasteiger partial charge on any atom is 0.268 e. The topological polar surface area (TPSA) is 56.3 Å². The zero-order chi connectivity index (χ0) is 13.0. The number of anilines is 1. The van der Waals surface area contributed by atoms with Gasteiger partial charge in [0.25, 0.3) is 5.88 Å². The Labute approximate surface area is 113 Å². The second-order valence-corrected chi connectivity index (χ2v) is 4.29. The number of hydrogen-bond acceptors (Lipinski definition) is 5. The van der Waals surface area contributed by atoms with E-state index in [0.717, 1.165) is 4.47 Å². The molecule has 0 unspecified atom stereocenters. The molecule has 0 bridgehead atoms. The Balaban J connectivity index is 2.34. The lowest BCUT2D eigenvalue weighted by Crippen LogP contribution is -2.00. The van der Waals surface area contributed by atoms with E-state index in [4.69, 9.17) is 9.47 Å². The minimum absolute atomic E-state index is 0.370. The van der Waals surface area contributed by atoms with E-state index in [2.05, 4.69) is 31.2 Å². The van der Waals surface area contributed by atoms with Gasteiger partial charge in [0.2, 0.25) is 5.75 Å². The van der Waals surface area contributed by atoms with E-state index < -0.39 is 0 Å². The molecule has 1 aromatic carbocycles. The Morgan fingerprint density at radius 2 is 2.11 bits per heavy atom. The Morgan fingerprint density at radius 1 is 1.28 bits per heavy atom. The number of methoxy groups -OCH3 is 1. The molecule has 5 nitrogen and oxygen atoms in total. The van der Waals surface area contributed by atoms with Crippen LogP contribution in [0.15, 0.2) is 35.1 Å². The van der Waals surface area contributed by atoms with E-state index in [0.29, 0.717) is 23.2 Å². The minimum atomic E-state index is 0.370. The first kappa shape index (κ1) is 12.6. The molecule has 0 radical (unpaired) electrons. The number of benzene rings is 1. The van der Waals surface area contributed by atoms with Gasteiger partial charge in [-0.1, -0.05) is 22.0 Å². The van der Waals surface area contributed by atoms with Gasteiger partial charge in [0.1, 0.15) is 12.1 Å². The molecule has 1 aromatic heterocycles. The van der Waals surface area contributed by atoms with E-state index >= 15 is 0 Å². The first-order chi connectivity index (χ1) is 8.74. The molecular weight excluding hydrogens is 298 g/mol. The summed E-state index contributed by atoms with van der Waals surface area (Å²) in [5.74, 6) is 2.09. The van der Waals surface area contributed by atoms with E-state index in [9.17, 15) is 0 Å². The van der Waals surface area contributed by atoms with Crippen LogP contribution in [-0.2, 0) is 0 Å². The van der Waals surface area contributed by atoms with E-state index in [-0.39, 0.29) is 0 Å². The molecule has 0 atom stereocenters. The largest absolute Gasteiger partial charge is 0.489 e. The number of nitrogens with zero attached hydrogens (tertiary/aromatic N) is 2. The van der Waals surface area contributed by atoms with E-state index in [1.165, 1.54) is 6.33 Å². The van der Waals surface area contributed by atoms with Gasteiger partial charge in [-0.15, -0.1) is 0 Å². The van der Waals surface area contributed by atoms with Crippen LogP contribution in [0, 0.1) is 0 Å². The van der Waals surface area contributed by atoms with Crippen LogP contribution >= 0.6 is 15.9 Å². The summed E-state index contributed by atoms with van der Waals surface area (Å²) in [7, 11) is 3.31. The molecular formula is C12H12BrN3O2. The van der Waals surface area contributed by atoms with Crippen LogP contribution in [0.4, 0.5) is 5.82 Å². The fourth-order valence-electron chi connectivity index (χ4n) is 1.43. The fourth-order valence-corrected chi connectivity index (χ4v) is 1.81. The molecule has 2 rings (SSSR count). The highest BCUT2D eigenvalue weighted by molar-refractivity contribution is 9.10. The molecule has 6 heteroatoms. The summed E-state index contributed by atoms with van der Waals surface area (Å²) >= 11 is 3.38. The fraction of sp³-hybridized carbons (Fsp3) is 0.167. The second kappa shape index (κ2) is 5.68. The molecule has 0 fully saturated rings. The van der Waals surface area contributed by atoms with Crippen molar-refractivity contribution >= 4 is 21.7 Å². The molecule has 0 aliphatic rings. The van der Waals surface area contributed by atoms with Gasteiger partial charge >= 0.3 is 0 Å². The Bertz CT molecular complexity index is 549. The van der Waals surface area contributed by atoms with Crippen LogP contribution in [0.25, 0.3) is 0 Å². The summed E-state index contributed by atoms with van der Waals surface area (Å²) in [5.41, 5.74) is 0. The van der Waals surface area contributed by atoms with Crippen molar-refractivity contribution < 1.29 is 9.47 Å². The zero-order valence-corrected chi connectivity index (χ0v) is 11.6. The molecule has 0 aliphatic heterocycles. The zero-order valence-electron chi connectivity index (χ0n) is 9.98. The van der Waals surface area contributed by atoms with E-state index in [1.807, 2.05) is 24.3 Å². The normalized spacial score (nSPS) is 9.94. The lowest BCUT2D eigenvalue weighted by molar-refractivity contribution is 0.369. The molecule has 0 aliphatic carbocycles. The molecule has 94 valence electrons. The molecule has 0 saturated heterocycles. The van der Waals surface area contributed by atoms with Gasteiger partial charge in [0, 0.05) is 11.5 Å². The van der Waals surface area contributed by atoms with Crippen molar-refractivity contribution in [1.29, 1.82) is 0 Å². The maximum atomic E-state index is 5.68. The summed E-state index contributed by atoms with van der Waals surface area (Å²) in [6.45, 7) is 0. The first-order valence-corrected chi connectivity index (χ1v) is 6.04. The molecule has 2 aromatic rings. The average molecular weight is 310 g/mol. The number of ether oxygens (including phenoxy) is 2. The predicted octanol–water partition coefficient (Wildman–Crippen LogP) is 3.08. The van der Waals surface area contributed by atoms with Gasteiger partial charge in [-0.25, -0.2) is 4.98 Å². The van der Waals surface area contributed by atoms with Crippen molar-refractivity contribution in [3.05, 3.63) is 35.1 Å². The number of nitrogens with one attached hydrogen (secondary N) is 1. The van der Waals surface area contributed by atoms with Gasteiger partial charge < -0.3 is 14.8 Å². The summed E-state index contributed by atoms with van der Waals surface area (Å²) in [6.07, 6.45) is 1.42. The van der Waals surface area contributed by atoms with Crippen LogP contribution in [0.3, 0.4) is 0 Å². The van der Waals surface area contributed by atoms with Gasteiger partial charge in [-0.05, 0) is 18.2 Å². The van der Waals surface area contributed by atoms with Crippen LogP contribution in [0.5, 0.6) is 17.4 Å². The molecule has 0 spiro atoms. The molecule has 0 amide bonds. The van der Waals surface area contributed by atoms with Crippen LogP contribution in [0.1, 0.15) is 0 Å². The van der Waals surface area contributed by atoms with Crippen molar-refractivity contribution in [2.45, 2.75) is 0 Å². The molecule has 18 heavy (non-hydrogen) atoms. The summed E-state index contributed by atoms with van der Waals surface area (Å²) in [5, 5.41) is 2.92. The monoisotopic (exact) mass is 309 g/mol. The van der Waals surface area contributed by atoms with Crippen LogP contribution in [-0.4, -0.2) is 24.1 Å². The predicted molar refractivity (Wildman–Crippen MR) is 72.3 cm³/mol. The highest BCUT2D eigenvalue weighted by Crippen LogP contribution is 2.34. The van der Waals surface area contributed by atoms with Crippen molar-refractivity contribution in [1.82, 2.24) is 9.97 Å². The SMILES string of the molecule is CNc1ncnc(Oc2cccc(Br)c2)c1OC. The van der Waals surface area contributed by atoms with Gasteiger partial charge in [0.05, 0.1) is 7.11 Å². The number of halogens is 1. The quantitative estimate of drug-likeness (QED) is 0.940. The van der Waals surface area contributed by atoms with Gasteiger partial charge in [-0.3, -0.25) is 0 Å². The lowest BCUT2D eigenvalue weighted by atomic mass is 10.3. The molecule has 1 N–H and O–H groups in total. The third kappa shape index (κ3) is 2.70. The highest BCUT2D eigenvalue weighted by atomic mass is 79.9. The minimum Gasteiger partial charge on any atom is -0.489 e. The maximum absolute atomic E-state index is 5.68. The third-order valence-electron chi connectivity index (χ3n) is 2.22. The van der Waals surface area contributed by atoms with Crippen molar-refractivity contribution in [3.8, 4) is 17.4 Å². The third-order valence-corrected chi connectivity index (χ3v) is 2.72. The Morgan fingerprint density at radius 3 is 2.78 bits per heavy atom. The van der Waals surface area contributed by atoms with E-state index in [1.54, 1.807) is 14.2 Å². The van der Waals surface area contributed by atoms with Crippen molar-refractivity contribution in [3.63, 3.8) is 0 Å².